The van der Waals surface area contributed by atoms with Gasteiger partial charge in [0.2, 0.25) is 0 Å². The Morgan fingerprint density at radius 3 is 2.79 bits per heavy atom. The first-order valence-corrected chi connectivity index (χ1v) is 10.2. The number of fused-ring (bicyclic) bond motifs is 1. The lowest BCUT2D eigenvalue weighted by Gasteiger charge is -2.26. The molecule has 0 saturated carbocycles. The number of rotatable bonds is 10. The number of aromatic amines is 1. The second-order valence-electron chi connectivity index (χ2n) is 7.17. The maximum atomic E-state index is 9.51. The zero-order valence-electron chi connectivity index (χ0n) is 16.7. The van der Waals surface area contributed by atoms with E-state index in [1.165, 1.54) is 0 Å². The molecule has 152 valence electrons. The third kappa shape index (κ3) is 5.12. The van der Waals surface area contributed by atoms with Gasteiger partial charge in [-0.15, -0.1) is 0 Å². The molecule has 3 rings (SSSR count). The van der Waals surface area contributed by atoms with Crippen LogP contribution >= 0.6 is 0 Å². The summed E-state index contributed by atoms with van der Waals surface area (Å²) in [6.45, 7) is 7.50. The van der Waals surface area contributed by atoms with E-state index in [-0.39, 0.29) is 6.01 Å². The van der Waals surface area contributed by atoms with Crippen LogP contribution in [0, 0.1) is 11.3 Å². The molecule has 3 N–H and O–H groups in total. The zero-order valence-corrected chi connectivity index (χ0v) is 16.7. The molecule has 0 aliphatic carbocycles. The van der Waals surface area contributed by atoms with Crippen LogP contribution in [0.25, 0.3) is 11.0 Å². The Bertz CT molecular complexity index is 807. The number of hydrogen-bond donors (Lipinski definition) is 2. The minimum absolute atomic E-state index is 0.288. The Kier molecular flexibility index (Phi) is 7.46. The van der Waals surface area contributed by atoms with Crippen molar-refractivity contribution >= 4 is 16.9 Å². The topological polar surface area (TPSA) is 113 Å². The van der Waals surface area contributed by atoms with Crippen LogP contribution in [0.15, 0.2) is 0 Å². The van der Waals surface area contributed by atoms with Crippen molar-refractivity contribution in [3.63, 3.8) is 0 Å². The van der Waals surface area contributed by atoms with Crippen molar-refractivity contribution in [1.29, 1.82) is 5.26 Å². The fourth-order valence-corrected chi connectivity index (χ4v) is 3.47. The quantitative estimate of drug-likeness (QED) is 0.603. The van der Waals surface area contributed by atoms with Crippen molar-refractivity contribution in [1.82, 2.24) is 19.9 Å². The Morgan fingerprint density at radius 2 is 2.04 bits per heavy atom. The number of aromatic nitrogens is 3. The average Bonchev–Trinajstić information content (AvgIpc) is 3.07. The molecule has 0 bridgehead atoms. The number of nitrogens with zero attached hydrogens (tertiary/aromatic N) is 4. The van der Waals surface area contributed by atoms with Gasteiger partial charge >= 0.3 is 6.01 Å². The second-order valence-corrected chi connectivity index (χ2v) is 7.17. The number of aryl methyl sites for hydroxylation is 1. The van der Waals surface area contributed by atoms with Gasteiger partial charge < -0.3 is 20.2 Å². The van der Waals surface area contributed by atoms with Gasteiger partial charge in [0.1, 0.15) is 22.8 Å². The van der Waals surface area contributed by atoms with Crippen LogP contribution in [0.4, 0.5) is 5.82 Å². The predicted molar refractivity (Wildman–Crippen MR) is 108 cm³/mol. The van der Waals surface area contributed by atoms with Crippen LogP contribution in [0.1, 0.15) is 50.3 Å². The summed E-state index contributed by atoms with van der Waals surface area (Å²) in [5, 5.41) is 9.51. The summed E-state index contributed by atoms with van der Waals surface area (Å²) in [4.78, 5) is 14.3. The van der Waals surface area contributed by atoms with Gasteiger partial charge in [0.25, 0.3) is 0 Å². The van der Waals surface area contributed by atoms with Gasteiger partial charge in [0, 0.05) is 18.7 Å². The third-order valence-corrected chi connectivity index (χ3v) is 5.10. The van der Waals surface area contributed by atoms with Gasteiger partial charge in [0.05, 0.1) is 19.8 Å². The molecular weight excluding hydrogens is 356 g/mol. The van der Waals surface area contributed by atoms with Gasteiger partial charge in [-0.1, -0.05) is 19.8 Å². The predicted octanol–water partition coefficient (Wildman–Crippen LogP) is 2.64. The molecule has 3 heterocycles. The smallest absolute Gasteiger partial charge is 0.319 e. The second kappa shape index (κ2) is 10.2. The number of ether oxygens (including phenoxy) is 2. The highest BCUT2D eigenvalue weighted by Gasteiger charge is 2.17. The number of nitrogens with one attached hydrogen (secondary N) is 1. The number of nitrogen functional groups attached to an aromatic ring is 1. The van der Waals surface area contributed by atoms with E-state index in [9.17, 15) is 5.26 Å². The molecule has 1 saturated heterocycles. The molecule has 2 aromatic heterocycles. The van der Waals surface area contributed by atoms with E-state index >= 15 is 0 Å². The van der Waals surface area contributed by atoms with E-state index in [0.29, 0.717) is 29.2 Å². The standard InChI is InChI=1S/C20H30N6O2/c1-2-3-11-28-20-24-17-15(16(14-21)23-18(17)19(22)25-20)7-5-4-6-8-26-9-12-27-13-10-26/h23H,2-13H2,1H3,(H2,22,24,25). The molecule has 1 fully saturated rings. The number of nitriles is 1. The monoisotopic (exact) mass is 386 g/mol. The van der Waals surface area contributed by atoms with Crippen LogP contribution in [0.3, 0.4) is 0 Å². The Balaban J connectivity index is 1.62. The van der Waals surface area contributed by atoms with E-state index in [2.05, 4.69) is 32.8 Å². The molecule has 0 spiro atoms. The van der Waals surface area contributed by atoms with Crippen molar-refractivity contribution in [3.8, 4) is 12.1 Å². The summed E-state index contributed by atoms with van der Waals surface area (Å²) in [5.41, 5.74) is 8.85. The molecule has 8 heteroatoms. The van der Waals surface area contributed by atoms with Crippen molar-refractivity contribution in [2.75, 3.05) is 45.2 Å². The fourth-order valence-electron chi connectivity index (χ4n) is 3.47. The molecule has 0 radical (unpaired) electrons. The van der Waals surface area contributed by atoms with Crippen LogP contribution in [-0.4, -0.2) is 59.3 Å². The summed E-state index contributed by atoms with van der Waals surface area (Å²) < 4.78 is 11.0. The van der Waals surface area contributed by atoms with E-state index in [1.807, 2.05) is 0 Å². The van der Waals surface area contributed by atoms with Gasteiger partial charge in [-0.05, 0) is 32.2 Å². The molecule has 0 aromatic carbocycles. The lowest BCUT2D eigenvalue weighted by Crippen LogP contribution is -2.36. The molecule has 0 amide bonds. The first-order chi connectivity index (χ1) is 13.7. The molecule has 1 aliphatic rings. The van der Waals surface area contributed by atoms with Crippen LogP contribution in [0.5, 0.6) is 6.01 Å². The zero-order chi connectivity index (χ0) is 19.8. The molecule has 28 heavy (non-hydrogen) atoms. The normalized spacial score (nSPS) is 15.0. The first kappa shape index (κ1) is 20.4. The Hall–Kier alpha value is -2.37. The lowest BCUT2D eigenvalue weighted by molar-refractivity contribution is 0.0371. The highest BCUT2D eigenvalue weighted by atomic mass is 16.5. The molecule has 0 atom stereocenters. The highest BCUT2D eigenvalue weighted by Crippen LogP contribution is 2.27. The molecule has 2 aromatic rings. The van der Waals surface area contributed by atoms with Crippen molar-refractivity contribution in [2.45, 2.75) is 45.4 Å². The average molecular weight is 387 g/mol. The van der Waals surface area contributed by atoms with Crippen LogP contribution in [-0.2, 0) is 11.2 Å². The van der Waals surface area contributed by atoms with Gasteiger partial charge in [0.15, 0.2) is 5.82 Å². The lowest BCUT2D eigenvalue weighted by atomic mass is 10.1. The maximum absolute atomic E-state index is 9.51. The van der Waals surface area contributed by atoms with Crippen molar-refractivity contribution in [2.24, 2.45) is 0 Å². The Labute approximate surface area is 166 Å². The number of unbranched alkanes of at least 4 members (excludes halogenated alkanes) is 3. The SMILES string of the molecule is CCCCOc1nc(N)c2[nH]c(C#N)c(CCCCCN3CCOCC3)c2n1. The third-order valence-electron chi connectivity index (χ3n) is 5.10. The largest absolute Gasteiger partial charge is 0.463 e. The number of anilines is 1. The number of H-pyrrole nitrogens is 1. The van der Waals surface area contributed by atoms with E-state index in [0.717, 1.165) is 76.9 Å². The maximum Gasteiger partial charge on any atom is 0.319 e. The van der Waals surface area contributed by atoms with Crippen LogP contribution in [0.2, 0.25) is 0 Å². The fraction of sp³-hybridized carbons (Fsp3) is 0.650. The molecule has 8 nitrogen and oxygen atoms in total. The number of nitrogens with two attached hydrogens (primary N) is 1. The minimum Gasteiger partial charge on any atom is -0.463 e. The molecular formula is C20H30N6O2. The van der Waals surface area contributed by atoms with Crippen molar-refractivity contribution < 1.29 is 9.47 Å². The summed E-state index contributed by atoms with van der Waals surface area (Å²) in [6, 6.07) is 2.52. The summed E-state index contributed by atoms with van der Waals surface area (Å²) in [5.74, 6) is 0.326. The van der Waals surface area contributed by atoms with Gasteiger partial charge in [-0.2, -0.15) is 15.2 Å². The molecule has 0 unspecified atom stereocenters. The number of morpholine rings is 1. The van der Waals surface area contributed by atoms with E-state index in [1.54, 1.807) is 0 Å². The Morgan fingerprint density at radius 1 is 1.21 bits per heavy atom. The van der Waals surface area contributed by atoms with Crippen molar-refractivity contribution in [3.05, 3.63) is 11.3 Å². The first-order valence-electron chi connectivity index (χ1n) is 10.2. The minimum atomic E-state index is 0.288. The number of hydrogen-bond acceptors (Lipinski definition) is 7. The van der Waals surface area contributed by atoms with Gasteiger partial charge in [-0.3, -0.25) is 4.90 Å². The summed E-state index contributed by atoms with van der Waals surface area (Å²) in [6.07, 6.45) is 6.02. The summed E-state index contributed by atoms with van der Waals surface area (Å²) in [7, 11) is 0. The highest BCUT2D eigenvalue weighted by molar-refractivity contribution is 5.89. The van der Waals surface area contributed by atoms with Gasteiger partial charge in [-0.25, -0.2) is 0 Å². The van der Waals surface area contributed by atoms with E-state index in [4.69, 9.17) is 15.2 Å². The molecule has 1 aliphatic heterocycles. The van der Waals surface area contributed by atoms with Crippen LogP contribution < -0.4 is 10.5 Å². The summed E-state index contributed by atoms with van der Waals surface area (Å²) >= 11 is 0. The van der Waals surface area contributed by atoms with E-state index < -0.39 is 0 Å².